The molecule has 2 rings (SSSR count). The minimum absolute atomic E-state index is 0.380. The van der Waals surface area contributed by atoms with Crippen LogP contribution in [0.3, 0.4) is 0 Å². The quantitative estimate of drug-likeness (QED) is 0.850. The number of rotatable bonds is 3. The van der Waals surface area contributed by atoms with Gasteiger partial charge in [-0.1, -0.05) is 0 Å². The van der Waals surface area contributed by atoms with Crippen LogP contribution in [0.4, 0.5) is 10.3 Å². The Morgan fingerprint density at radius 2 is 2.06 bits per heavy atom. The summed E-state index contributed by atoms with van der Waals surface area (Å²) in [6, 6.07) is 3.67. The molecular formula is C11H11FN4. The zero-order chi connectivity index (χ0) is 11.4. The van der Waals surface area contributed by atoms with Crippen LogP contribution in [0.25, 0.3) is 0 Å². The summed E-state index contributed by atoms with van der Waals surface area (Å²) in [6.45, 7) is 0. The first kappa shape index (κ1) is 10.5. The number of halogens is 1. The Kier molecular flexibility index (Phi) is 3.05. The van der Waals surface area contributed by atoms with Gasteiger partial charge in [-0.05, 0) is 17.7 Å². The normalized spacial score (nSPS) is 10.1. The molecular weight excluding hydrogens is 207 g/mol. The first-order valence-electron chi connectivity index (χ1n) is 4.87. The van der Waals surface area contributed by atoms with Gasteiger partial charge in [-0.25, -0.2) is 14.4 Å². The predicted octanol–water partition coefficient (Wildman–Crippen LogP) is 1.64. The van der Waals surface area contributed by atoms with Crippen LogP contribution in [-0.4, -0.2) is 22.0 Å². The molecule has 0 spiro atoms. The van der Waals surface area contributed by atoms with E-state index in [4.69, 9.17) is 0 Å². The molecule has 0 aliphatic carbocycles. The highest BCUT2D eigenvalue weighted by Gasteiger charge is 2.06. The molecule has 2 aromatic heterocycles. The third kappa shape index (κ3) is 2.31. The Balaban J connectivity index is 2.27. The van der Waals surface area contributed by atoms with Crippen LogP contribution in [0, 0.1) is 5.82 Å². The molecule has 82 valence electrons. The van der Waals surface area contributed by atoms with Crippen LogP contribution in [-0.2, 0) is 6.42 Å². The third-order valence-electron chi connectivity index (χ3n) is 2.16. The van der Waals surface area contributed by atoms with Gasteiger partial charge < -0.3 is 5.32 Å². The van der Waals surface area contributed by atoms with E-state index in [0.717, 1.165) is 5.56 Å². The number of nitrogens with zero attached hydrogens (tertiary/aromatic N) is 3. The molecule has 0 aliphatic heterocycles. The molecule has 1 N–H and O–H groups in total. The van der Waals surface area contributed by atoms with Crippen molar-refractivity contribution in [3.63, 3.8) is 0 Å². The smallest absolute Gasteiger partial charge is 0.222 e. The Labute approximate surface area is 92.6 Å². The van der Waals surface area contributed by atoms with Crippen LogP contribution in [0.5, 0.6) is 0 Å². The summed E-state index contributed by atoms with van der Waals surface area (Å²) in [6.07, 6.45) is 4.96. The number of pyridine rings is 1. The fraction of sp³-hybridized carbons (Fsp3) is 0.182. The summed E-state index contributed by atoms with van der Waals surface area (Å²) in [4.78, 5) is 11.8. The molecule has 2 heterocycles. The highest BCUT2D eigenvalue weighted by Crippen LogP contribution is 2.11. The van der Waals surface area contributed by atoms with Gasteiger partial charge in [0.05, 0.1) is 11.9 Å². The van der Waals surface area contributed by atoms with E-state index in [0.29, 0.717) is 18.1 Å². The van der Waals surface area contributed by atoms with E-state index in [1.807, 2.05) is 12.1 Å². The predicted molar refractivity (Wildman–Crippen MR) is 58.6 cm³/mol. The molecule has 2 aromatic rings. The average molecular weight is 218 g/mol. The third-order valence-corrected chi connectivity index (χ3v) is 2.16. The van der Waals surface area contributed by atoms with Crippen molar-refractivity contribution in [2.75, 3.05) is 12.4 Å². The fourth-order valence-electron chi connectivity index (χ4n) is 1.34. The molecule has 16 heavy (non-hydrogen) atoms. The molecule has 0 fully saturated rings. The Morgan fingerprint density at radius 1 is 1.31 bits per heavy atom. The van der Waals surface area contributed by atoms with Gasteiger partial charge in [-0.15, -0.1) is 0 Å². The molecule has 4 nitrogen and oxygen atoms in total. The number of hydrogen-bond acceptors (Lipinski definition) is 4. The van der Waals surface area contributed by atoms with Gasteiger partial charge in [0, 0.05) is 25.9 Å². The lowest BCUT2D eigenvalue weighted by molar-refractivity contribution is 0.596. The van der Waals surface area contributed by atoms with Gasteiger partial charge in [0.2, 0.25) is 5.95 Å². The average Bonchev–Trinajstić information content (AvgIpc) is 2.33. The lowest BCUT2D eigenvalue weighted by atomic mass is 10.1. The second-order valence-electron chi connectivity index (χ2n) is 3.27. The van der Waals surface area contributed by atoms with Crippen molar-refractivity contribution in [1.82, 2.24) is 15.0 Å². The van der Waals surface area contributed by atoms with Crippen LogP contribution < -0.4 is 5.32 Å². The fourth-order valence-corrected chi connectivity index (χ4v) is 1.34. The lowest BCUT2D eigenvalue weighted by Crippen LogP contribution is -2.03. The zero-order valence-corrected chi connectivity index (χ0v) is 8.81. The summed E-state index contributed by atoms with van der Waals surface area (Å²) >= 11 is 0. The summed E-state index contributed by atoms with van der Waals surface area (Å²) in [5.41, 5.74) is 1.35. The SMILES string of the molecule is CNc1ncc(F)c(Cc2ccncc2)n1. The van der Waals surface area contributed by atoms with E-state index in [1.54, 1.807) is 19.4 Å². The maximum Gasteiger partial charge on any atom is 0.222 e. The Bertz CT molecular complexity index is 473. The van der Waals surface area contributed by atoms with Gasteiger partial charge in [-0.3, -0.25) is 4.98 Å². The minimum Gasteiger partial charge on any atom is -0.357 e. The first-order chi connectivity index (χ1) is 7.79. The van der Waals surface area contributed by atoms with Crippen molar-refractivity contribution < 1.29 is 4.39 Å². The number of aromatic nitrogens is 3. The molecule has 0 bridgehead atoms. The van der Waals surface area contributed by atoms with E-state index in [1.165, 1.54) is 6.20 Å². The zero-order valence-electron chi connectivity index (χ0n) is 8.81. The molecule has 0 atom stereocenters. The van der Waals surface area contributed by atoms with E-state index >= 15 is 0 Å². The van der Waals surface area contributed by atoms with Gasteiger partial charge in [0.25, 0.3) is 0 Å². The van der Waals surface area contributed by atoms with E-state index in [9.17, 15) is 4.39 Å². The largest absolute Gasteiger partial charge is 0.357 e. The summed E-state index contributed by atoms with van der Waals surface area (Å²) in [5, 5.41) is 2.78. The Hall–Kier alpha value is -2.04. The second-order valence-corrected chi connectivity index (χ2v) is 3.27. The molecule has 0 aliphatic rings. The topological polar surface area (TPSA) is 50.7 Å². The molecule has 0 saturated carbocycles. The van der Waals surface area contributed by atoms with Gasteiger partial charge in [0.1, 0.15) is 0 Å². The molecule has 0 unspecified atom stereocenters. The van der Waals surface area contributed by atoms with Crippen molar-refractivity contribution in [3.8, 4) is 0 Å². The van der Waals surface area contributed by atoms with Crippen molar-refractivity contribution in [3.05, 3.63) is 47.8 Å². The highest BCUT2D eigenvalue weighted by atomic mass is 19.1. The van der Waals surface area contributed by atoms with Gasteiger partial charge in [0.15, 0.2) is 5.82 Å². The number of anilines is 1. The summed E-state index contributed by atoms with van der Waals surface area (Å²) in [7, 11) is 1.70. The number of nitrogens with one attached hydrogen (secondary N) is 1. The first-order valence-corrected chi connectivity index (χ1v) is 4.87. The van der Waals surface area contributed by atoms with Crippen LogP contribution in [0.15, 0.2) is 30.7 Å². The molecule has 0 saturated heterocycles. The maximum atomic E-state index is 13.4. The monoisotopic (exact) mass is 218 g/mol. The van der Waals surface area contributed by atoms with Crippen molar-refractivity contribution in [2.24, 2.45) is 0 Å². The van der Waals surface area contributed by atoms with Crippen molar-refractivity contribution in [2.45, 2.75) is 6.42 Å². The summed E-state index contributed by atoms with van der Waals surface area (Å²) < 4.78 is 13.4. The second kappa shape index (κ2) is 4.65. The summed E-state index contributed by atoms with van der Waals surface area (Å²) in [5.74, 6) is 0.0290. The van der Waals surface area contributed by atoms with Crippen LogP contribution in [0.2, 0.25) is 0 Å². The van der Waals surface area contributed by atoms with E-state index in [-0.39, 0.29) is 0 Å². The molecule has 0 aromatic carbocycles. The van der Waals surface area contributed by atoms with Crippen LogP contribution >= 0.6 is 0 Å². The maximum absolute atomic E-state index is 13.4. The van der Waals surface area contributed by atoms with Crippen molar-refractivity contribution >= 4 is 5.95 Å². The van der Waals surface area contributed by atoms with E-state index in [2.05, 4.69) is 20.3 Å². The Morgan fingerprint density at radius 3 is 2.75 bits per heavy atom. The highest BCUT2D eigenvalue weighted by molar-refractivity contribution is 5.27. The van der Waals surface area contributed by atoms with Gasteiger partial charge in [-0.2, -0.15) is 0 Å². The van der Waals surface area contributed by atoms with Gasteiger partial charge >= 0.3 is 0 Å². The number of hydrogen-bond donors (Lipinski definition) is 1. The van der Waals surface area contributed by atoms with Crippen molar-refractivity contribution in [1.29, 1.82) is 0 Å². The van der Waals surface area contributed by atoms with E-state index < -0.39 is 5.82 Å². The van der Waals surface area contributed by atoms with Crippen LogP contribution in [0.1, 0.15) is 11.3 Å². The lowest BCUT2D eigenvalue weighted by Gasteiger charge is -2.04. The molecule has 0 amide bonds. The standard InChI is InChI=1S/C11H11FN4/c1-13-11-15-7-9(12)10(16-11)6-8-2-4-14-5-3-8/h2-5,7H,6H2,1H3,(H,13,15,16). The minimum atomic E-state index is -0.393. The molecule has 5 heteroatoms. The molecule has 0 radical (unpaired) electrons.